The van der Waals surface area contributed by atoms with Gasteiger partial charge in [0, 0.05) is 4.47 Å². The summed E-state index contributed by atoms with van der Waals surface area (Å²) >= 11 is 3.41. The molecule has 1 aliphatic carbocycles. The Balaban J connectivity index is 2.01. The molecule has 3 nitrogen and oxygen atoms in total. The fourth-order valence-electron chi connectivity index (χ4n) is 2.74. The SMILES string of the molecule is CCOC(=O)C(OCC1CCCCC1)c1ccc(Br)cc1. The summed E-state index contributed by atoms with van der Waals surface area (Å²) in [5.74, 6) is 0.279. The van der Waals surface area contributed by atoms with Gasteiger partial charge in [-0.3, -0.25) is 0 Å². The predicted molar refractivity (Wildman–Crippen MR) is 86.0 cm³/mol. The van der Waals surface area contributed by atoms with Crippen LogP contribution in [-0.4, -0.2) is 19.2 Å². The van der Waals surface area contributed by atoms with E-state index in [9.17, 15) is 4.79 Å². The van der Waals surface area contributed by atoms with Gasteiger partial charge in [-0.15, -0.1) is 0 Å². The van der Waals surface area contributed by atoms with Gasteiger partial charge in [0.1, 0.15) is 0 Å². The van der Waals surface area contributed by atoms with Gasteiger partial charge in [-0.05, 0) is 43.4 Å². The van der Waals surface area contributed by atoms with Crippen LogP contribution >= 0.6 is 15.9 Å². The fourth-order valence-corrected chi connectivity index (χ4v) is 3.01. The van der Waals surface area contributed by atoms with Gasteiger partial charge in [0.15, 0.2) is 6.10 Å². The maximum atomic E-state index is 12.1. The second-order valence-electron chi connectivity index (χ2n) is 5.52. The van der Waals surface area contributed by atoms with Gasteiger partial charge in [-0.1, -0.05) is 47.3 Å². The standard InChI is InChI=1S/C17H23BrO3/c1-2-20-17(19)16(14-8-10-15(18)11-9-14)21-12-13-6-4-3-5-7-13/h8-11,13,16H,2-7,12H2,1H3. The van der Waals surface area contributed by atoms with E-state index < -0.39 is 6.10 Å². The number of esters is 1. The molecule has 1 fully saturated rings. The molecule has 0 aromatic heterocycles. The van der Waals surface area contributed by atoms with Crippen molar-refractivity contribution >= 4 is 21.9 Å². The molecule has 1 aromatic carbocycles. The van der Waals surface area contributed by atoms with Crippen molar-refractivity contribution in [2.24, 2.45) is 5.92 Å². The molecule has 0 bridgehead atoms. The first-order valence-electron chi connectivity index (χ1n) is 7.74. The van der Waals surface area contributed by atoms with Crippen LogP contribution in [0.15, 0.2) is 28.7 Å². The Morgan fingerprint density at radius 2 is 1.90 bits per heavy atom. The van der Waals surface area contributed by atoms with Crippen molar-refractivity contribution in [2.45, 2.75) is 45.1 Å². The Hall–Kier alpha value is -0.870. The number of halogens is 1. The van der Waals surface area contributed by atoms with Crippen molar-refractivity contribution in [3.05, 3.63) is 34.3 Å². The van der Waals surface area contributed by atoms with E-state index in [4.69, 9.17) is 9.47 Å². The highest BCUT2D eigenvalue weighted by molar-refractivity contribution is 9.10. The average molecular weight is 355 g/mol. The second kappa shape index (κ2) is 8.54. The molecule has 1 aliphatic rings. The molecule has 21 heavy (non-hydrogen) atoms. The molecule has 4 heteroatoms. The Morgan fingerprint density at radius 3 is 2.52 bits per heavy atom. The molecule has 0 saturated heterocycles. The molecule has 1 aromatic rings. The van der Waals surface area contributed by atoms with Gasteiger partial charge >= 0.3 is 5.97 Å². The number of carbonyl (C=O) groups is 1. The Labute approximate surface area is 135 Å². The number of ether oxygens (including phenoxy) is 2. The summed E-state index contributed by atoms with van der Waals surface area (Å²) in [5, 5.41) is 0. The molecule has 0 radical (unpaired) electrons. The van der Waals surface area contributed by atoms with Gasteiger partial charge < -0.3 is 9.47 Å². The highest BCUT2D eigenvalue weighted by Crippen LogP contribution is 2.27. The molecular formula is C17H23BrO3. The van der Waals surface area contributed by atoms with Crippen LogP contribution in [0, 0.1) is 5.92 Å². The monoisotopic (exact) mass is 354 g/mol. The maximum absolute atomic E-state index is 12.1. The van der Waals surface area contributed by atoms with Crippen molar-refractivity contribution in [1.29, 1.82) is 0 Å². The quantitative estimate of drug-likeness (QED) is 0.697. The van der Waals surface area contributed by atoms with E-state index in [2.05, 4.69) is 15.9 Å². The van der Waals surface area contributed by atoms with E-state index in [0.29, 0.717) is 19.1 Å². The smallest absolute Gasteiger partial charge is 0.339 e. The highest BCUT2D eigenvalue weighted by Gasteiger charge is 2.24. The van der Waals surface area contributed by atoms with Gasteiger partial charge in [0.2, 0.25) is 0 Å². The third-order valence-corrected chi connectivity index (χ3v) is 4.43. The van der Waals surface area contributed by atoms with Gasteiger partial charge in [-0.2, -0.15) is 0 Å². The lowest BCUT2D eigenvalue weighted by Gasteiger charge is -2.24. The summed E-state index contributed by atoms with van der Waals surface area (Å²) in [5.41, 5.74) is 0.854. The number of hydrogen-bond acceptors (Lipinski definition) is 3. The van der Waals surface area contributed by atoms with E-state index in [1.54, 1.807) is 0 Å². The molecular weight excluding hydrogens is 332 g/mol. The normalized spacial score (nSPS) is 17.4. The Kier molecular flexibility index (Phi) is 6.71. The minimum atomic E-state index is -0.611. The average Bonchev–Trinajstić information content (AvgIpc) is 2.50. The molecule has 0 N–H and O–H groups in total. The lowest BCUT2D eigenvalue weighted by molar-refractivity contribution is -0.158. The predicted octanol–water partition coefficient (Wildman–Crippen LogP) is 4.65. The zero-order valence-corrected chi connectivity index (χ0v) is 14.1. The molecule has 0 aliphatic heterocycles. The first-order valence-corrected chi connectivity index (χ1v) is 8.53. The number of benzene rings is 1. The number of rotatable bonds is 6. The third kappa shape index (κ3) is 5.11. The zero-order valence-electron chi connectivity index (χ0n) is 12.5. The van der Waals surface area contributed by atoms with Crippen LogP contribution in [0.25, 0.3) is 0 Å². The molecule has 0 spiro atoms. The summed E-state index contributed by atoms with van der Waals surface area (Å²) in [7, 11) is 0. The summed E-state index contributed by atoms with van der Waals surface area (Å²) < 4.78 is 12.1. The molecule has 0 heterocycles. The topological polar surface area (TPSA) is 35.5 Å². The van der Waals surface area contributed by atoms with E-state index >= 15 is 0 Å². The lowest BCUT2D eigenvalue weighted by Crippen LogP contribution is -2.23. The molecule has 1 unspecified atom stereocenters. The van der Waals surface area contributed by atoms with Crippen LogP contribution in [0.3, 0.4) is 0 Å². The molecule has 1 atom stereocenters. The maximum Gasteiger partial charge on any atom is 0.339 e. The minimum absolute atomic E-state index is 0.296. The van der Waals surface area contributed by atoms with E-state index in [1.165, 1.54) is 32.1 Å². The Bertz CT molecular complexity index is 438. The molecule has 116 valence electrons. The highest BCUT2D eigenvalue weighted by atomic mass is 79.9. The van der Waals surface area contributed by atoms with Crippen molar-refractivity contribution in [3.63, 3.8) is 0 Å². The van der Waals surface area contributed by atoms with Crippen LogP contribution in [0.4, 0.5) is 0 Å². The summed E-state index contributed by atoms with van der Waals surface area (Å²) in [6, 6.07) is 7.66. The number of hydrogen-bond donors (Lipinski definition) is 0. The van der Waals surface area contributed by atoms with Crippen molar-refractivity contribution in [3.8, 4) is 0 Å². The zero-order chi connectivity index (χ0) is 15.1. The summed E-state index contributed by atoms with van der Waals surface area (Å²) in [6.45, 7) is 2.83. The van der Waals surface area contributed by atoms with Crippen LogP contribution in [0.5, 0.6) is 0 Å². The molecule has 1 saturated carbocycles. The van der Waals surface area contributed by atoms with E-state index in [-0.39, 0.29) is 5.97 Å². The van der Waals surface area contributed by atoms with Crippen molar-refractivity contribution in [2.75, 3.05) is 13.2 Å². The van der Waals surface area contributed by atoms with Gasteiger partial charge in [0.05, 0.1) is 13.2 Å². The minimum Gasteiger partial charge on any atom is -0.464 e. The summed E-state index contributed by atoms with van der Waals surface area (Å²) in [6.07, 6.45) is 5.67. The number of carbonyl (C=O) groups excluding carboxylic acids is 1. The van der Waals surface area contributed by atoms with Crippen LogP contribution < -0.4 is 0 Å². The van der Waals surface area contributed by atoms with Gasteiger partial charge in [-0.25, -0.2) is 4.79 Å². The second-order valence-corrected chi connectivity index (χ2v) is 6.44. The van der Waals surface area contributed by atoms with Crippen LogP contribution in [-0.2, 0) is 14.3 Å². The fraction of sp³-hybridized carbons (Fsp3) is 0.588. The largest absolute Gasteiger partial charge is 0.464 e. The van der Waals surface area contributed by atoms with Crippen LogP contribution in [0.1, 0.15) is 50.7 Å². The van der Waals surface area contributed by atoms with Crippen LogP contribution in [0.2, 0.25) is 0 Å². The first-order chi connectivity index (χ1) is 10.2. The molecule has 2 rings (SSSR count). The van der Waals surface area contributed by atoms with E-state index in [1.807, 2.05) is 31.2 Å². The first kappa shape index (κ1) is 16.5. The lowest BCUT2D eigenvalue weighted by atomic mass is 9.90. The van der Waals surface area contributed by atoms with E-state index in [0.717, 1.165) is 10.0 Å². The third-order valence-electron chi connectivity index (χ3n) is 3.90. The van der Waals surface area contributed by atoms with Crippen molar-refractivity contribution < 1.29 is 14.3 Å². The Morgan fingerprint density at radius 1 is 1.24 bits per heavy atom. The van der Waals surface area contributed by atoms with Gasteiger partial charge in [0.25, 0.3) is 0 Å². The molecule has 0 amide bonds. The summed E-state index contributed by atoms with van der Waals surface area (Å²) in [4.78, 5) is 12.1. The van der Waals surface area contributed by atoms with Crippen molar-refractivity contribution in [1.82, 2.24) is 0 Å².